The van der Waals surface area contributed by atoms with Crippen LogP contribution in [0.4, 0.5) is 11.4 Å². The zero-order valence-corrected chi connectivity index (χ0v) is 20.8. The summed E-state index contributed by atoms with van der Waals surface area (Å²) in [6.07, 6.45) is 7.26. The summed E-state index contributed by atoms with van der Waals surface area (Å²) in [5.41, 5.74) is 3.00. The molecule has 3 N–H and O–H groups in total. The van der Waals surface area contributed by atoms with E-state index in [1.807, 2.05) is 12.1 Å². The van der Waals surface area contributed by atoms with Gasteiger partial charge in [0.15, 0.2) is 0 Å². The predicted octanol–water partition coefficient (Wildman–Crippen LogP) is 4.18. The number of nitrogens with one attached hydrogen (secondary N) is 1. The molecule has 2 aromatic rings. The molecule has 0 spiro atoms. The van der Waals surface area contributed by atoms with Crippen molar-refractivity contribution in [2.24, 2.45) is 0 Å². The molecule has 8 nitrogen and oxygen atoms in total. The van der Waals surface area contributed by atoms with Gasteiger partial charge in [0.1, 0.15) is 0 Å². The summed E-state index contributed by atoms with van der Waals surface area (Å²) >= 11 is 1.77. The van der Waals surface area contributed by atoms with Crippen molar-refractivity contribution in [3.05, 3.63) is 85.0 Å². The van der Waals surface area contributed by atoms with Crippen molar-refractivity contribution in [3.8, 4) is 0 Å². The number of carbonyl (C=O) groups excluding carboxylic acids is 1. The molecule has 9 heteroatoms. The minimum Gasteiger partial charge on any atom is -0.478 e. The van der Waals surface area contributed by atoms with E-state index >= 15 is 0 Å². The van der Waals surface area contributed by atoms with Crippen molar-refractivity contribution in [1.29, 1.82) is 0 Å². The first-order valence-electron chi connectivity index (χ1n) is 11.4. The quantitative estimate of drug-likeness (QED) is 0.361. The number of carboxylic acid groups (broad SMARTS) is 2. The SMILES string of the molecule is C=CCNC(=O)c1ccc2c(c1)N(C(C)CN1CC=CC1)c1ccccc1S2.O=C(O)/C=C/C(=O)O. The number of fused-ring (bicyclic) bond motifs is 2. The number of rotatable bonds is 8. The van der Waals surface area contributed by atoms with Crippen LogP contribution in [0, 0.1) is 0 Å². The largest absolute Gasteiger partial charge is 0.478 e. The first kappa shape index (κ1) is 26.8. The fourth-order valence-electron chi connectivity index (χ4n) is 3.93. The molecule has 188 valence electrons. The van der Waals surface area contributed by atoms with Crippen LogP contribution in [0.15, 0.2) is 89.2 Å². The molecule has 36 heavy (non-hydrogen) atoms. The molecule has 0 radical (unpaired) electrons. The van der Waals surface area contributed by atoms with E-state index in [-0.39, 0.29) is 11.9 Å². The van der Waals surface area contributed by atoms with Gasteiger partial charge in [0, 0.05) is 59.7 Å². The maximum atomic E-state index is 12.5. The summed E-state index contributed by atoms with van der Waals surface area (Å²) in [6.45, 7) is 9.38. The van der Waals surface area contributed by atoms with Crippen LogP contribution in [-0.4, -0.2) is 65.2 Å². The molecule has 0 saturated carbocycles. The summed E-state index contributed by atoms with van der Waals surface area (Å²) < 4.78 is 0. The van der Waals surface area contributed by atoms with Gasteiger partial charge in [-0.3, -0.25) is 9.69 Å². The van der Waals surface area contributed by atoms with Crippen molar-refractivity contribution in [2.45, 2.75) is 22.8 Å². The summed E-state index contributed by atoms with van der Waals surface area (Å²) in [7, 11) is 0. The van der Waals surface area contributed by atoms with Gasteiger partial charge >= 0.3 is 11.9 Å². The van der Waals surface area contributed by atoms with Crippen LogP contribution in [0.5, 0.6) is 0 Å². The Hall–Kier alpha value is -3.82. The average Bonchev–Trinajstić information content (AvgIpc) is 3.37. The molecule has 0 aromatic heterocycles. The van der Waals surface area contributed by atoms with Gasteiger partial charge < -0.3 is 20.4 Å². The summed E-state index contributed by atoms with van der Waals surface area (Å²) in [5, 5.41) is 18.5. The normalized spacial score (nSPS) is 14.9. The molecule has 2 aliphatic rings. The number of hydrogen-bond acceptors (Lipinski definition) is 6. The highest BCUT2D eigenvalue weighted by Gasteiger charge is 2.29. The highest BCUT2D eigenvalue weighted by Crippen LogP contribution is 2.49. The molecule has 2 aliphatic heterocycles. The number of para-hydroxylation sites is 1. The zero-order valence-electron chi connectivity index (χ0n) is 20.0. The van der Waals surface area contributed by atoms with Gasteiger partial charge in [-0.2, -0.15) is 0 Å². The van der Waals surface area contributed by atoms with Crippen molar-refractivity contribution < 1.29 is 24.6 Å². The lowest BCUT2D eigenvalue weighted by molar-refractivity contribution is -0.134. The van der Waals surface area contributed by atoms with Crippen molar-refractivity contribution in [3.63, 3.8) is 0 Å². The molecule has 2 heterocycles. The maximum absolute atomic E-state index is 12.5. The lowest BCUT2D eigenvalue weighted by Crippen LogP contribution is -2.40. The molecular weight excluding hydrogens is 478 g/mol. The summed E-state index contributed by atoms with van der Waals surface area (Å²) in [6, 6.07) is 14.8. The molecule has 4 rings (SSSR count). The smallest absolute Gasteiger partial charge is 0.328 e. The van der Waals surface area contributed by atoms with Crippen LogP contribution >= 0.6 is 11.8 Å². The third kappa shape index (κ3) is 7.10. The Morgan fingerprint density at radius 3 is 2.31 bits per heavy atom. The fraction of sp³-hybridized carbons (Fsp3) is 0.222. The molecule has 1 amide bonds. The van der Waals surface area contributed by atoms with E-state index in [2.05, 4.69) is 71.1 Å². The standard InChI is InChI=1S/C23H25N3OS.C4H4O4/c1-3-12-24-23(27)18-10-11-22-20(15-18)26(17(2)16-25-13-6-7-14-25)19-8-4-5-9-21(19)28-22;5-3(6)1-2-4(7)8/h3-11,15,17H,1,12-14,16H2,2H3,(H,24,27);1-2H,(H,5,6)(H,7,8)/b;2-1+. The van der Waals surface area contributed by atoms with E-state index in [9.17, 15) is 14.4 Å². The lowest BCUT2D eigenvalue weighted by Gasteiger charge is -2.39. The molecule has 2 aromatic carbocycles. The third-order valence-electron chi connectivity index (χ3n) is 5.46. The van der Waals surface area contributed by atoms with Crippen molar-refractivity contribution >= 4 is 41.0 Å². The second-order valence-electron chi connectivity index (χ2n) is 8.17. The number of carboxylic acids is 2. The molecule has 0 bridgehead atoms. The number of aliphatic carboxylic acids is 2. The summed E-state index contributed by atoms with van der Waals surface area (Å²) in [4.78, 5) is 38.9. The first-order valence-corrected chi connectivity index (χ1v) is 12.2. The highest BCUT2D eigenvalue weighted by atomic mass is 32.2. The van der Waals surface area contributed by atoms with Gasteiger partial charge in [-0.05, 0) is 37.3 Å². The van der Waals surface area contributed by atoms with E-state index in [1.165, 1.54) is 15.5 Å². The Morgan fingerprint density at radius 2 is 1.67 bits per heavy atom. The number of benzene rings is 2. The molecule has 1 unspecified atom stereocenters. The van der Waals surface area contributed by atoms with Gasteiger partial charge in [-0.15, -0.1) is 6.58 Å². The van der Waals surface area contributed by atoms with Gasteiger partial charge in [0.05, 0.1) is 11.4 Å². The van der Waals surface area contributed by atoms with Crippen LogP contribution in [0.1, 0.15) is 17.3 Å². The van der Waals surface area contributed by atoms with E-state index in [0.717, 1.165) is 25.3 Å². The van der Waals surface area contributed by atoms with E-state index in [1.54, 1.807) is 17.8 Å². The molecule has 0 aliphatic carbocycles. The lowest BCUT2D eigenvalue weighted by atomic mass is 10.1. The minimum absolute atomic E-state index is 0.0668. The van der Waals surface area contributed by atoms with E-state index < -0.39 is 11.9 Å². The van der Waals surface area contributed by atoms with E-state index in [0.29, 0.717) is 24.3 Å². The second-order valence-corrected chi connectivity index (χ2v) is 9.25. The first-order chi connectivity index (χ1) is 17.3. The predicted molar refractivity (Wildman–Crippen MR) is 141 cm³/mol. The van der Waals surface area contributed by atoms with Crippen molar-refractivity contribution in [2.75, 3.05) is 31.1 Å². The summed E-state index contributed by atoms with van der Waals surface area (Å²) in [5.74, 6) is -2.58. The van der Waals surface area contributed by atoms with Gasteiger partial charge in [-0.1, -0.05) is 42.1 Å². The van der Waals surface area contributed by atoms with E-state index in [4.69, 9.17) is 10.2 Å². The molecule has 1 atom stereocenters. The van der Waals surface area contributed by atoms with Crippen LogP contribution in [0.2, 0.25) is 0 Å². The van der Waals surface area contributed by atoms with Crippen LogP contribution < -0.4 is 10.2 Å². The monoisotopic (exact) mass is 507 g/mol. The van der Waals surface area contributed by atoms with Gasteiger partial charge in [-0.25, -0.2) is 9.59 Å². The van der Waals surface area contributed by atoms with Gasteiger partial charge in [0.2, 0.25) is 0 Å². The number of carbonyl (C=O) groups is 3. The molecule has 0 saturated heterocycles. The minimum atomic E-state index is -1.26. The highest BCUT2D eigenvalue weighted by molar-refractivity contribution is 7.99. The fourth-order valence-corrected chi connectivity index (χ4v) is 4.99. The maximum Gasteiger partial charge on any atom is 0.328 e. The van der Waals surface area contributed by atoms with Gasteiger partial charge in [0.25, 0.3) is 5.91 Å². The Balaban J connectivity index is 0.000000392. The van der Waals surface area contributed by atoms with Crippen LogP contribution in [-0.2, 0) is 9.59 Å². The Morgan fingerprint density at radius 1 is 1.03 bits per heavy atom. The zero-order chi connectivity index (χ0) is 26.1. The van der Waals surface area contributed by atoms with Crippen LogP contribution in [0.25, 0.3) is 0 Å². The number of hydrogen-bond donors (Lipinski definition) is 3. The Kier molecular flexibility index (Phi) is 9.49. The second kappa shape index (κ2) is 12.8. The average molecular weight is 508 g/mol. The number of nitrogens with zero attached hydrogens (tertiary/aromatic N) is 2. The molecular formula is C27H29N3O5S. The molecule has 0 fully saturated rings. The van der Waals surface area contributed by atoms with Crippen molar-refractivity contribution in [1.82, 2.24) is 10.2 Å². The Bertz CT molecular complexity index is 1170. The topological polar surface area (TPSA) is 110 Å². The number of anilines is 2. The van der Waals surface area contributed by atoms with Crippen LogP contribution in [0.3, 0.4) is 0 Å². The Labute approximate surface area is 214 Å². The third-order valence-corrected chi connectivity index (χ3v) is 6.59. The number of amides is 1.